The lowest BCUT2D eigenvalue weighted by Gasteiger charge is -2.24. The van der Waals surface area contributed by atoms with Gasteiger partial charge in [-0.3, -0.25) is 19.7 Å². The van der Waals surface area contributed by atoms with E-state index in [0.29, 0.717) is 39.5 Å². The summed E-state index contributed by atoms with van der Waals surface area (Å²) in [7, 11) is 0. The number of hydrogen-bond donors (Lipinski definition) is 0. The quantitative estimate of drug-likeness (QED) is 0.422. The van der Waals surface area contributed by atoms with Crippen LogP contribution in [0.4, 0.5) is 13.9 Å². The minimum absolute atomic E-state index is 0.0615. The summed E-state index contributed by atoms with van der Waals surface area (Å²) in [5.74, 6) is -1.69. The molecule has 0 saturated heterocycles. The van der Waals surface area contributed by atoms with Gasteiger partial charge in [-0.2, -0.15) is 0 Å². The highest BCUT2D eigenvalue weighted by Crippen LogP contribution is 2.32. The Kier molecular flexibility index (Phi) is 6.15. The zero-order valence-corrected chi connectivity index (χ0v) is 18.0. The fourth-order valence-corrected chi connectivity index (χ4v) is 4.41. The minimum Gasteiger partial charge on any atom is -0.302 e. The van der Waals surface area contributed by atoms with Crippen LogP contribution in [-0.4, -0.2) is 51.9 Å². The largest absolute Gasteiger partial charge is 0.302 e. The molecule has 0 radical (unpaired) electrons. The van der Waals surface area contributed by atoms with Gasteiger partial charge in [0.05, 0.1) is 15.7 Å². The minimum atomic E-state index is -0.741. The van der Waals surface area contributed by atoms with Gasteiger partial charge >= 0.3 is 0 Å². The van der Waals surface area contributed by atoms with Crippen molar-refractivity contribution in [3.63, 3.8) is 0 Å². The summed E-state index contributed by atoms with van der Waals surface area (Å²) in [6.07, 6.45) is 3.16. The second-order valence-electron chi connectivity index (χ2n) is 6.97. The Morgan fingerprint density at radius 2 is 1.74 bits per heavy atom. The molecule has 0 aliphatic heterocycles. The number of nitrogens with zero attached hydrogens (tertiary/aromatic N) is 5. The van der Waals surface area contributed by atoms with Crippen molar-refractivity contribution in [3.8, 4) is 0 Å². The molecule has 0 atom stereocenters. The van der Waals surface area contributed by atoms with Gasteiger partial charge in [0.25, 0.3) is 5.91 Å². The molecule has 1 amide bonds. The normalized spacial score (nSPS) is 11.5. The molecule has 31 heavy (non-hydrogen) atoms. The Morgan fingerprint density at radius 3 is 2.48 bits per heavy atom. The van der Waals surface area contributed by atoms with E-state index in [1.165, 1.54) is 11.0 Å². The molecule has 9 heteroatoms. The van der Waals surface area contributed by atoms with Gasteiger partial charge < -0.3 is 4.90 Å². The monoisotopic (exact) mass is 441 g/mol. The Morgan fingerprint density at radius 1 is 1.00 bits per heavy atom. The summed E-state index contributed by atoms with van der Waals surface area (Å²) in [6.45, 7) is 6.76. The Balaban J connectivity index is 1.74. The molecule has 0 N–H and O–H groups in total. The molecule has 2 aromatic carbocycles. The van der Waals surface area contributed by atoms with E-state index >= 15 is 0 Å². The summed E-state index contributed by atoms with van der Waals surface area (Å²) >= 11 is 1.09. The number of aromatic nitrogens is 3. The molecule has 0 spiro atoms. The molecule has 0 aliphatic carbocycles. The van der Waals surface area contributed by atoms with Crippen molar-refractivity contribution in [3.05, 3.63) is 59.9 Å². The van der Waals surface area contributed by atoms with Crippen molar-refractivity contribution in [2.75, 3.05) is 31.1 Å². The second-order valence-corrected chi connectivity index (χ2v) is 7.98. The first-order valence-corrected chi connectivity index (χ1v) is 10.8. The van der Waals surface area contributed by atoms with Crippen LogP contribution in [0.1, 0.15) is 24.2 Å². The van der Waals surface area contributed by atoms with Crippen molar-refractivity contribution >= 4 is 43.6 Å². The Labute approximate surface area is 182 Å². The van der Waals surface area contributed by atoms with E-state index in [1.54, 1.807) is 30.6 Å². The number of amides is 1. The predicted octanol–water partition coefficient (Wildman–Crippen LogP) is 4.51. The number of carbonyl (C=O) groups excluding carboxylic acids is 1. The number of halogens is 2. The van der Waals surface area contributed by atoms with Crippen LogP contribution >= 0.6 is 11.3 Å². The number of carbonyl (C=O) groups is 1. The zero-order valence-electron chi connectivity index (χ0n) is 17.2. The van der Waals surface area contributed by atoms with E-state index in [9.17, 15) is 13.6 Å². The summed E-state index contributed by atoms with van der Waals surface area (Å²) in [6, 6.07) is 7.15. The number of benzene rings is 2. The average Bonchev–Trinajstić information content (AvgIpc) is 3.20. The topological polar surface area (TPSA) is 62.2 Å². The summed E-state index contributed by atoms with van der Waals surface area (Å²) < 4.78 is 28.2. The third-order valence-electron chi connectivity index (χ3n) is 5.13. The number of anilines is 1. The van der Waals surface area contributed by atoms with Crippen LogP contribution in [0.3, 0.4) is 0 Å². The summed E-state index contributed by atoms with van der Waals surface area (Å²) in [5, 5.41) is 0.330. The standard InChI is InChI=1S/C22H21F2N5OS/c1-3-28(4-2)9-10-29(22-27-20-16(24)12-15(23)13-19(20)31-22)21(30)14-5-6-17-18(11-14)26-8-7-25-17/h5-8,11-13H,3-4,9-10H2,1-2H3. The highest BCUT2D eigenvalue weighted by molar-refractivity contribution is 7.22. The van der Waals surface area contributed by atoms with Crippen molar-refractivity contribution in [1.29, 1.82) is 0 Å². The highest BCUT2D eigenvalue weighted by atomic mass is 32.1. The number of rotatable bonds is 7. The molecule has 4 aromatic rings. The maximum atomic E-state index is 14.2. The van der Waals surface area contributed by atoms with Gasteiger partial charge in [-0.05, 0) is 37.4 Å². The maximum Gasteiger partial charge on any atom is 0.260 e. The van der Waals surface area contributed by atoms with Crippen LogP contribution < -0.4 is 4.90 Å². The molecule has 0 saturated carbocycles. The molecule has 2 heterocycles. The lowest BCUT2D eigenvalue weighted by molar-refractivity contribution is 0.0984. The average molecular weight is 442 g/mol. The molecule has 0 unspecified atom stereocenters. The SMILES string of the molecule is CCN(CC)CCN(C(=O)c1ccc2nccnc2c1)c1nc2c(F)cc(F)cc2s1. The van der Waals surface area contributed by atoms with Gasteiger partial charge in [-0.15, -0.1) is 0 Å². The number of likely N-dealkylation sites (N-methyl/N-ethyl adjacent to an activating group) is 1. The second kappa shape index (κ2) is 8.99. The molecular formula is C22H21F2N5OS. The van der Waals surface area contributed by atoms with Crippen molar-refractivity contribution in [2.45, 2.75) is 13.8 Å². The van der Waals surface area contributed by atoms with Crippen LogP contribution in [-0.2, 0) is 0 Å². The van der Waals surface area contributed by atoms with Crippen molar-refractivity contribution in [2.24, 2.45) is 0 Å². The number of thiazole rings is 1. The Hall–Kier alpha value is -3.04. The van der Waals surface area contributed by atoms with Crippen molar-refractivity contribution < 1.29 is 13.6 Å². The van der Waals surface area contributed by atoms with Gasteiger partial charge in [-0.25, -0.2) is 13.8 Å². The predicted molar refractivity (Wildman–Crippen MR) is 119 cm³/mol. The van der Waals surface area contributed by atoms with Gasteiger partial charge in [0.2, 0.25) is 0 Å². The smallest absolute Gasteiger partial charge is 0.260 e. The van der Waals surface area contributed by atoms with E-state index in [4.69, 9.17) is 0 Å². The lowest BCUT2D eigenvalue weighted by atomic mass is 10.1. The van der Waals surface area contributed by atoms with Gasteiger partial charge in [0.1, 0.15) is 11.3 Å². The lowest BCUT2D eigenvalue weighted by Crippen LogP contribution is -2.38. The van der Waals surface area contributed by atoms with Crippen LogP contribution in [0, 0.1) is 11.6 Å². The first kappa shape index (κ1) is 21.2. The van der Waals surface area contributed by atoms with E-state index < -0.39 is 11.6 Å². The van der Waals surface area contributed by atoms with Gasteiger partial charge in [0, 0.05) is 37.1 Å². The van der Waals surface area contributed by atoms with E-state index in [-0.39, 0.29) is 11.4 Å². The molecule has 6 nitrogen and oxygen atoms in total. The van der Waals surface area contributed by atoms with Crippen LogP contribution in [0.15, 0.2) is 42.7 Å². The van der Waals surface area contributed by atoms with E-state index in [2.05, 4.69) is 19.9 Å². The first-order chi connectivity index (χ1) is 15.0. The molecule has 4 rings (SSSR count). The highest BCUT2D eigenvalue weighted by Gasteiger charge is 2.23. The van der Waals surface area contributed by atoms with Gasteiger partial charge in [0.15, 0.2) is 10.9 Å². The van der Waals surface area contributed by atoms with E-state index in [0.717, 1.165) is 30.5 Å². The molecule has 0 fully saturated rings. The van der Waals surface area contributed by atoms with Crippen LogP contribution in [0.2, 0.25) is 0 Å². The Bertz CT molecular complexity index is 1240. The van der Waals surface area contributed by atoms with E-state index in [1.807, 2.05) is 13.8 Å². The fourth-order valence-electron chi connectivity index (χ4n) is 3.38. The maximum absolute atomic E-state index is 14.2. The zero-order chi connectivity index (χ0) is 22.0. The summed E-state index contributed by atoms with van der Waals surface area (Å²) in [4.78, 5) is 30.0. The third-order valence-corrected chi connectivity index (χ3v) is 6.15. The molecular weight excluding hydrogens is 420 g/mol. The molecule has 0 bridgehead atoms. The summed E-state index contributed by atoms with van der Waals surface area (Å²) in [5.41, 5.74) is 1.78. The number of fused-ring (bicyclic) bond motifs is 2. The van der Waals surface area contributed by atoms with Crippen molar-refractivity contribution in [1.82, 2.24) is 19.9 Å². The first-order valence-electron chi connectivity index (χ1n) is 10.0. The fraction of sp³-hybridized carbons (Fsp3) is 0.273. The third kappa shape index (κ3) is 4.38. The van der Waals surface area contributed by atoms with Crippen LogP contribution in [0.25, 0.3) is 21.3 Å². The number of hydrogen-bond acceptors (Lipinski definition) is 6. The van der Waals surface area contributed by atoms with Crippen LogP contribution in [0.5, 0.6) is 0 Å². The molecule has 160 valence electrons. The molecule has 2 aromatic heterocycles. The van der Waals surface area contributed by atoms with Gasteiger partial charge in [-0.1, -0.05) is 25.2 Å². The molecule has 0 aliphatic rings.